The number of rotatable bonds is 2. The molecule has 0 saturated carbocycles. The smallest absolute Gasteiger partial charge is 0.133 e. The highest BCUT2D eigenvalue weighted by Gasteiger charge is 2.19. The maximum absolute atomic E-state index is 14.3. The van der Waals surface area contributed by atoms with Crippen LogP contribution in [0, 0.1) is 5.82 Å². The lowest BCUT2D eigenvalue weighted by molar-refractivity contribution is 0.629. The molecule has 0 bridgehead atoms. The lowest BCUT2D eigenvalue weighted by Crippen LogP contribution is -1.97. The van der Waals surface area contributed by atoms with Crippen LogP contribution in [0.25, 0.3) is 22.4 Å². The van der Waals surface area contributed by atoms with Gasteiger partial charge < -0.3 is 5.73 Å². The minimum Gasteiger partial charge on any atom is -0.383 e. The van der Waals surface area contributed by atoms with Crippen LogP contribution in [0.5, 0.6) is 0 Å². The van der Waals surface area contributed by atoms with Gasteiger partial charge >= 0.3 is 0 Å². The van der Waals surface area contributed by atoms with Gasteiger partial charge in [0.15, 0.2) is 0 Å². The van der Waals surface area contributed by atoms with Crippen LogP contribution in [0.15, 0.2) is 53.0 Å². The van der Waals surface area contributed by atoms with Gasteiger partial charge in [-0.1, -0.05) is 46.3 Å². The maximum atomic E-state index is 14.3. The predicted molar refractivity (Wildman–Crippen MR) is 86.2 cm³/mol. The second kappa shape index (κ2) is 5.33. The van der Waals surface area contributed by atoms with Crippen LogP contribution < -0.4 is 5.73 Å². The molecule has 0 aliphatic heterocycles. The summed E-state index contributed by atoms with van der Waals surface area (Å²) in [6.07, 6.45) is 0. The van der Waals surface area contributed by atoms with Crippen molar-refractivity contribution in [1.82, 2.24) is 9.78 Å². The molecule has 1 heterocycles. The predicted octanol–water partition coefficient (Wildman–Crippen LogP) is 4.24. The topological polar surface area (TPSA) is 43.8 Å². The van der Waals surface area contributed by atoms with Crippen LogP contribution in [-0.4, -0.2) is 9.78 Å². The first-order chi connectivity index (χ1) is 10.1. The summed E-state index contributed by atoms with van der Waals surface area (Å²) in [5.41, 5.74) is 8.77. The molecule has 0 spiro atoms. The molecule has 21 heavy (non-hydrogen) atoms. The Hall–Kier alpha value is -2.14. The third-order valence-electron chi connectivity index (χ3n) is 3.34. The van der Waals surface area contributed by atoms with Gasteiger partial charge in [0.2, 0.25) is 0 Å². The van der Waals surface area contributed by atoms with Gasteiger partial charge in [0.1, 0.15) is 17.3 Å². The number of hydrogen-bond donors (Lipinski definition) is 1. The highest BCUT2D eigenvalue weighted by molar-refractivity contribution is 9.10. The average molecular weight is 346 g/mol. The monoisotopic (exact) mass is 345 g/mol. The first kappa shape index (κ1) is 13.8. The summed E-state index contributed by atoms with van der Waals surface area (Å²) >= 11 is 3.26. The minimum absolute atomic E-state index is 0.334. The van der Waals surface area contributed by atoms with Gasteiger partial charge in [0, 0.05) is 17.1 Å². The van der Waals surface area contributed by atoms with Crippen molar-refractivity contribution in [2.24, 2.45) is 7.05 Å². The Morgan fingerprint density at radius 3 is 2.52 bits per heavy atom. The largest absolute Gasteiger partial charge is 0.383 e. The van der Waals surface area contributed by atoms with E-state index in [1.807, 2.05) is 30.3 Å². The normalized spacial score (nSPS) is 10.8. The molecule has 0 aliphatic rings. The summed E-state index contributed by atoms with van der Waals surface area (Å²) in [6.45, 7) is 0. The Labute approximate surface area is 130 Å². The van der Waals surface area contributed by atoms with E-state index in [1.165, 1.54) is 6.07 Å². The van der Waals surface area contributed by atoms with Crippen molar-refractivity contribution < 1.29 is 4.39 Å². The van der Waals surface area contributed by atoms with Crippen LogP contribution in [0.2, 0.25) is 0 Å². The molecule has 1 aromatic heterocycles. The standard InChI is InChI=1S/C16H13BrFN3/c1-21-16(19)14(10-5-3-2-4-6-10)15(20-21)12-8-7-11(17)9-13(12)18/h2-9H,19H2,1H3. The van der Waals surface area contributed by atoms with Gasteiger partial charge in [-0.15, -0.1) is 0 Å². The van der Waals surface area contributed by atoms with Crippen LogP contribution in [0.1, 0.15) is 0 Å². The molecule has 3 rings (SSSR count). The first-order valence-corrected chi connectivity index (χ1v) is 7.20. The quantitative estimate of drug-likeness (QED) is 0.754. The van der Waals surface area contributed by atoms with E-state index in [4.69, 9.17) is 5.73 Å². The van der Waals surface area contributed by atoms with Crippen LogP contribution >= 0.6 is 15.9 Å². The minimum atomic E-state index is -0.334. The van der Waals surface area contributed by atoms with Crippen molar-refractivity contribution >= 4 is 21.7 Å². The average Bonchev–Trinajstić information content (AvgIpc) is 2.75. The highest BCUT2D eigenvalue weighted by Crippen LogP contribution is 2.37. The van der Waals surface area contributed by atoms with E-state index in [2.05, 4.69) is 21.0 Å². The van der Waals surface area contributed by atoms with Crippen LogP contribution in [0.4, 0.5) is 10.2 Å². The molecule has 3 nitrogen and oxygen atoms in total. The van der Waals surface area contributed by atoms with Crippen molar-refractivity contribution in [3.63, 3.8) is 0 Å². The van der Waals surface area contributed by atoms with E-state index in [0.29, 0.717) is 21.5 Å². The molecule has 2 aromatic carbocycles. The molecule has 0 saturated heterocycles. The van der Waals surface area contributed by atoms with E-state index in [0.717, 1.165) is 11.1 Å². The first-order valence-electron chi connectivity index (χ1n) is 6.41. The summed E-state index contributed by atoms with van der Waals surface area (Å²) in [7, 11) is 1.75. The SMILES string of the molecule is Cn1nc(-c2ccc(Br)cc2F)c(-c2ccccc2)c1N. The van der Waals surface area contributed by atoms with Gasteiger partial charge in [-0.2, -0.15) is 5.10 Å². The molecule has 0 radical (unpaired) electrons. The summed E-state index contributed by atoms with van der Waals surface area (Å²) in [5, 5.41) is 4.38. The molecular formula is C16H13BrFN3. The van der Waals surface area contributed by atoms with Crippen molar-refractivity contribution in [3.05, 3.63) is 58.8 Å². The Morgan fingerprint density at radius 1 is 1.14 bits per heavy atom. The van der Waals surface area contributed by atoms with Crippen molar-refractivity contribution in [2.75, 3.05) is 5.73 Å². The summed E-state index contributed by atoms with van der Waals surface area (Å²) in [5.74, 6) is 0.179. The van der Waals surface area contributed by atoms with Gasteiger partial charge in [0.25, 0.3) is 0 Å². The van der Waals surface area contributed by atoms with Gasteiger partial charge in [-0.05, 0) is 23.8 Å². The van der Waals surface area contributed by atoms with Gasteiger partial charge in [-0.3, -0.25) is 4.68 Å². The van der Waals surface area contributed by atoms with Crippen molar-refractivity contribution in [2.45, 2.75) is 0 Å². The van der Waals surface area contributed by atoms with Crippen LogP contribution in [-0.2, 0) is 7.05 Å². The zero-order valence-corrected chi connectivity index (χ0v) is 12.9. The van der Waals surface area contributed by atoms with E-state index in [1.54, 1.807) is 23.9 Å². The number of benzene rings is 2. The molecule has 0 unspecified atom stereocenters. The van der Waals surface area contributed by atoms with E-state index in [9.17, 15) is 4.39 Å². The second-order valence-electron chi connectivity index (χ2n) is 4.72. The third kappa shape index (κ3) is 2.45. The number of aryl methyl sites for hydroxylation is 1. The lowest BCUT2D eigenvalue weighted by atomic mass is 10.0. The zero-order chi connectivity index (χ0) is 15.0. The Bertz CT molecular complexity index is 797. The molecule has 2 N–H and O–H groups in total. The van der Waals surface area contributed by atoms with Gasteiger partial charge in [0.05, 0.1) is 5.56 Å². The number of aromatic nitrogens is 2. The number of anilines is 1. The number of nitrogen functional groups attached to an aromatic ring is 1. The molecule has 0 aliphatic carbocycles. The fraction of sp³-hybridized carbons (Fsp3) is 0.0625. The van der Waals surface area contributed by atoms with Crippen molar-refractivity contribution in [3.8, 4) is 22.4 Å². The van der Waals surface area contributed by atoms with E-state index < -0.39 is 0 Å². The fourth-order valence-corrected chi connectivity index (χ4v) is 2.63. The molecule has 5 heteroatoms. The Morgan fingerprint density at radius 2 is 1.86 bits per heavy atom. The number of hydrogen-bond acceptors (Lipinski definition) is 2. The Balaban J connectivity index is 2.27. The third-order valence-corrected chi connectivity index (χ3v) is 3.83. The van der Waals surface area contributed by atoms with Crippen molar-refractivity contribution in [1.29, 1.82) is 0 Å². The number of nitrogens with two attached hydrogens (primary N) is 1. The fourth-order valence-electron chi connectivity index (χ4n) is 2.30. The lowest BCUT2D eigenvalue weighted by Gasteiger charge is -2.05. The summed E-state index contributed by atoms with van der Waals surface area (Å²) in [4.78, 5) is 0. The number of halogens is 2. The van der Waals surface area contributed by atoms with Gasteiger partial charge in [-0.25, -0.2) is 4.39 Å². The molecule has 0 fully saturated rings. The van der Waals surface area contributed by atoms with Crippen LogP contribution in [0.3, 0.4) is 0 Å². The molecule has 106 valence electrons. The molecule has 0 amide bonds. The zero-order valence-electron chi connectivity index (χ0n) is 11.3. The Kier molecular flexibility index (Phi) is 3.51. The molecule has 3 aromatic rings. The molecular weight excluding hydrogens is 333 g/mol. The second-order valence-corrected chi connectivity index (χ2v) is 5.64. The van der Waals surface area contributed by atoms with E-state index >= 15 is 0 Å². The number of nitrogens with zero attached hydrogens (tertiary/aromatic N) is 2. The molecule has 0 atom stereocenters. The van der Waals surface area contributed by atoms with E-state index in [-0.39, 0.29) is 5.82 Å². The summed E-state index contributed by atoms with van der Waals surface area (Å²) < 4.78 is 16.5. The highest BCUT2D eigenvalue weighted by atomic mass is 79.9. The summed E-state index contributed by atoms with van der Waals surface area (Å²) in [6, 6.07) is 14.6. The maximum Gasteiger partial charge on any atom is 0.133 e.